The van der Waals surface area contributed by atoms with Crippen LogP contribution in [0.4, 0.5) is 5.69 Å². The number of halogens is 1. The van der Waals surface area contributed by atoms with E-state index in [2.05, 4.69) is 38.0 Å². The Balaban J connectivity index is 1.78. The van der Waals surface area contributed by atoms with Crippen LogP contribution in [0, 0.1) is 17.2 Å². The average Bonchev–Trinajstić information content (AvgIpc) is 3.33. The monoisotopic (exact) mass is 518 g/mol. The molecule has 1 aliphatic carbocycles. The van der Waals surface area contributed by atoms with Crippen molar-refractivity contribution >= 4 is 40.5 Å². The van der Waals surface area contributed by atoms with Crippen LogP contribution in [0.1, 0.15) is 64.5 Å². The largest absolute Gasteiger partial charge is 0.411 e. The van der Waals surface area contributed by atoms with E-state index in [4.69, 9.17) is 22.2 Å². The number of carbonyl (C=O) groups excluding carboxylic acids is 2. The first-order valence-corrected chi connectivity index (χ1v) is 12.2. The molecule has 36 heavy (non-hydrogen) atoms. The van der Waals surface area contributed by atoms with Gasteiger partial charge in [-0.05, 0) is 44.1 Å². The van der Waals surface area contributed by atoms with E-state index >= 15 is 0 Å². The maximum absolute atomic E-state index is 13.3. The lowest BCUT2D eigenvalue weighted by atomic mass is 9.79. The molecular formula is C23H31ClN8O4. The fourth-order valence-electron chi connectivity index (χ4n) is 4.34. The molecule has 1 aliphatic rings. The first-order chi connectivity index (χ1) is 17.1. The highest BCUT2D eigenvalue weighted by Gasteiger charge is 2.34. The highest BCUT2D eigenvalue weighted by Crippen LogP contribution is 2.31. The molecule has 1 fully saturated rings. The second kappa shape index (κ2) is 11.9. The third kappa shape index (κ3) is 6.36. The van der Waals surface area contributed by atoms with Crippen molar-refractivity contribution < 1.29 is 14.8 Å². The standard InChI is InChI=1S/C23H31ClN8O4/c1-4-17(31-36)19(25)22(34)28-20(14-7-5-12(2)6-8-14)23(35)27-15-10-26-32(11-15)13(3)16-9-18(24)29-30-21(16)33/h9-14,20,25,36H,4-8H2,1-3H3,(H,27,35)(H,28,34)(H,30,33)/b25-19?,31-17-/t12?,13?,14?,20-/m0/s1. The molecule has 0 saturated heterocycles. The molecule has 1 saturated carbocycles. The number of amides is 2. The van der Waals surface area contributed by atoms with Crippen molar-refractivity contribution in [1.82, 2.24) is 25.3 Å². The van der Waals surface area contributed by atoms with Crippen LogP contribution in [0.2, 0.25) is 5.15 Å². The average molecular weight is 519 g/mol. The van der Waals surface area contributed by atoms with E-state index < -0.39 is 35.2 Å². The lowest BCUT2D eigenvalue weighted by Crippen LogP contribution is -2.52. The Labute approximate surface area is 213 Å². The Bertz CT molecular complexity index is 1200. The van der Waals surface area contributed by atoms with Gasteiger partial charge in [-0.1, -0.05) is 43.4 Å². The summed E-state index contributed by atoms with van der Waals surface area (Å²) in [5.41, 5.74) is -0.209. The number of H-pyrrole nitrogens is 1. The molecule has 0 radical (unpaired) electrons. The highest BCUT2D eigenvalue weighted by molar-refractivity contribution is 6.65. The zero-order valence-electron chi connectivity index (χ0n) is 20.4. The van der Waals surface area contributed by atoms with E-state index in [1.807, 2.05) is 0 Å². The quantitative estimate of drug-likeness (QED) is 0.193. The molecule has 0 aromatic carbocycles. The minimum atomic E-state index is -0.884. The van der Waals surface area contributed by atoms with Gasteiger partial charge < -0.3 is 15.8 Å². The van der Waals surface area contributed by atoms with E-state index in [-0.39, 0.29) is 23.2 Å². The number of hydrogen-bond donors (Lipinski definition) is 5. The molecule has 2 aromatic rings. The van der Waals surface area contributed by atoms with Crippen LogP contribution in [-0.4, -0.2) is 54.5 Å². The van der Waals surface area contributed by atoms with Crippen molar-refractivity contribution in [3.63, 3.8) is 0 Å². The summed E-state index contributed by atoms with van der Waals surface area (Å²) < 4.78 is 1.51. The minimum absolute atomic E-state index is 0.0645. The summed E-state index contributed by atoms with van der Waals surface area (Å²) in [4.78, 5) is 38.2. The predicted molar refractivity (Wildman–Crippen MR) is 135 cm³/mol. The van der Waals surface area contributed by atoms with Crippen molar-refractivity contribution in [2.45, 2.75) is 65.0 Å². The molecule has 1 unspecified atom stereocenters. The first kappa shape index (κ1) is 27.1. The van der Waals surface area contributed by atoms with Crippen LogP contribution in [0.25, 0.3) is 0 Å². The summed E-state index contributed by atoms with van der Waals surface area (Å²) in [7, 11) is 0. The maximum Gasteiger partial charge on any atom is 0.271 e. The predicted octanol–water partition coefficient (Wildman–Crippen LogP) is 2.74. The summed E-state index contributed by atoms with van der Waals surface area (Å²) in [6.07, 6.45) is 6.59. The fourth-order valence-corrected chi connectivity index (χ4v) is 4.50. The van der Waals surface area contributed by atoms with Gasteiger partial charge in [0.25, 0.3) is 11.5 Å². The SMILES string of the molecule is CC/C(=N/O)C(=N)C(=O)N[C@H](C(=O)Nc1cnn(C(C)c2cc(Cl)n[nH]c2=O)c1)C1CCC(C)CC1. The van der Waals surface area contributed by atoms with E-state index in [0.29, 0.717) is 17.2 Å². The van der Waals surface area contributed by atoms with Gasteiger partial charge in [0.1, 0.15) is 22.6 Å². The van der Waals surface area contributed by atoms with Crippen LogP contribution in [0.15, 0.2) is 28.4 Å². The van der Waals surface area contributed by atoms with Crippen molar-refractivity contribution in [3.05, 3.63) is 39.5 Å². The Morgan fingerprint density at radius 2 is 2.06 bits per heavy atom. The van der Waals surface area contributed by atoms with Crippen LogP contribution < -0.4 is 16.2 Å². The number of oxime groups is 1. The molecule has 0 aliphatic heterocycles. The summed E-state index contributed by atoms with van der Waals surface area (Å²) in [6.45, 7) is 5.57. The van der Waals surface area contributed by atoms with Gasteiger partial charge in [-0.3, -0.25) is 24.5 Å². The number of aromatic nitrogens is 4. The second-order valence-corrected chi connectivity index (χ2v) is 9.48. The molecule has 2 atom stereocenters. The third-order valence-corrected chi connectivity index (χ3v) is 6.78. The van der Waals surface area contributed by atoms with Crippen LogP contribution in [-0.2, 0) is 9.59 Å². The molecule has 0 spiro atoms. The zero-order valence-corrected chi connectivity index (χ0v) is 21.2. The topological polar surface area (TPSA) is 178 Å². The third-order valence-electron chi connectivity index (χ3n) is 6.59. The van der Waals surface area contributed by atoms with Gasteiger partial charge in [-0.15, -0.1) is 0 Å². The Kier molecular flexibility index (Phi) is 8.97. The Hall–Kier alpha value is -3.54. The highest BCUT2D eigenvalue weighted by atomic mass is 35.5. The lowest BCUT2D eigenvalue weighted by Gasteiger charge is -2.32. The van der Waals surface area contributed by atoms with Gasteiger partial charge in [0.2, 0.25) is 5.91 Å². The minimum Gasteiger partial charge on any atom is -0.411 e. The fraction of sp³-hybridized carbons (Fsp3) is 0.522. The van der Waals surface area contributed by atoms with Gasteiger partial charge in [0.15, 0.2) is 0 Å². The summed E-state index contributed by atoms with van der Waals surface area (Å²) in [5, 5.41) is 36.0. The van der Waals surface area contributed by atoms with Gasteiger partial charge >= 0.3 is 0 Å². The van der Waals surface area contributed by atoms with Crippen LogP contribution in [0.3, 0.4) is 0 Å². The van der Waals surface area contributed by atoms with E-state index in [1.54, 1.807) is 20.0 Å². The van der Waals surface area contributed by atoms with E-state index in [1.165, 1.54) is 16.9 Å². The van der Waals surface area contributed by atoms with Crippen molar-refractivity contribution in [1.29, 1.82) is 5.41 Å². The number of rotatable bonds is 9. The van der Waals surface area contributed by atoms with Crippen molar-refractivity contribution in [2.24, 2.45) is 17.0 Å². The van der Waals surface area contributed by atoms with Gasteiger partial charge in [-0.2, -0.15) is 10.2 Å². The molecule has 194 valence electrons. The summed E-state index contributed by atoms with van der Waals surface area (Å²) in [6, 6.07) is 0.0845. The lowest BCUT2D eigenvalue weighted by molar-refractivity contribution is -0.124. The van der Waals surface area contributed by atoms with Crippen molar-refractivity contribution in [2.75, 3.05) is 5.32 Å². The summed E-state index contributed by atoms with van der Waals surface area (Å²) in [5.74, 6) is -0.787. The number of nitrogens with one attached hydrogen (secondary N) is 4. The molecule has 0 bridgehead atoms. The number of carbonyl (C=O) groups is 2. The second-order valence-electron chi connectivity index (χ2n) is 9.10. The Morgan fingerprint density at radius 1 is 1.36 bits per heavy atom. The molecular weight excluding hydrogens is 488 g/mol. The van der Waals surface area contributed by atoms with E-state index in [0.717, 1.165) is 25.7 Å². The van der Waals surface area contributed by atoms with Gasteiger partial charge in [-0.25, -0.2) is 5.10 Å². The molecule has 2 amide bonds. The van der Waals surface area contributed by atoms with Crippen LogP contribution >= 0.6 is 11.6 Å². The molecule has 3 rings (SSSR count). The normalized spacial score (nSPS) is 19.8. The van der Waals surface area contributed by atoms with Crippen LogP contribution in [0.5, 0.6) is 0 Å². The molecule has 5 N–H and O–H groups in total. The number of anilines is 1. The molecule has 2 aromatic heterocycles. The molecule has 2 heterocycles. The number of hydrogen-bond acceptors (Lipinski definition) is 8. The van der Waals surface area contributed by atoms with Crippen molar-refractivity contribution in [3.8, 4) is 0 Å². The molecule has 12 nitrogen and oxygen atoms in total. The Morgan fingerprint density at radius 3 is 2.69 bits per heavy atom. The van der Waals surface area contributed by atoms with E-state index in [9.17, 15) is 14.4 Å². The summed E-state index contributed by atoms with van der Waals surface area (Å²) >= 11 is 5.90. The molecule has 13 heteroatoms. The maximum atomic E-state index is 13.3. The smallest absolute Gasteiger partial charge is 0.271 e. The first-order valence-electron chi connectivity index (χ1n) is 11.8. The number of nitrogens with zero attached hydrogens (tertiary/aromatic N) is 4. The zero-order chi connectivity index (χ0) is 26.4. The number of aromatic amines is 1. The van der Waals surface area contributed by atoms with Gasteiger partial charge in [0, 0.05) is 11.8 Å². The van der Waals surface area contributed by atoms with Gasteiger partial charge in [0.05, 0.1) is 17.9 Å².